The molecule has 0 spiro atoms. The molecule has 162 valence electrons. The van der Waals surface area contributed by atoms with E-state index >= 15 is 0 Å². The number of carbonyl (C=O) groups excluding carboxylic acids is 1. The summed E-state index contributed by atoms with van der Waals surface area (Å²) in [7, 11) is 1.80. The van der Waals surface area contributed by atoms with Crippen molar-refractivity contribution in [1.82, 2.24) is 9.88 Å². The van der Waals surface area contributed by atoms with Gasteiger partial charge in [0.05, 0.1) is 30.0 Å². The van der Waals surface area contributed by atoms with Crippen LogP contribution in [0.1, 0.15) is 0 Å². The van der Waals surface area contributed by atoms with Gasteiger partial charge in [-0.3, -0.25) is 9.69 Å². The molecule has 0 bridgehead atoms. The first-order chi connectivity index (χ1) is 15.5. The molecule has 0 atom stereocenters. The van der Waals surface area contributed by atoms with Gasteiger partial charge in [0.2, 0.25) is 5.91 Å². The third-order valence-electron chi connectivity index (χ3n) is 5.23. The largest absolute Gasteiger partial charge is 0.395 e. The summed E-state index contributed by atoms with van der Waals surface area (Å²) in [5, 5.41) is 13.7. The number of hydrogen-bond donors (Lipinski definition) is 2. The summed E-state index contributed by atoms with van der Waals surface area (Å²) >= 11 is 6.29. The topological polar surface area (TPSA) is 65.5 Å². The van der Waals surface area contributed by atoms with Crippen LogP contribution >= 0.6 is 11.6 Å². The van der Waals surface area contributed by atoms with E-state index in [9.17, 15) is 4.79 Å². The molecule has 32 heavy (non-hydrogen) atoms. The number of aliphatic hydroxyl groups excluding tert-OH is 1. The van der Waals surface area contributed by atoms with Crippen molar-refractivity contribution in [1.29, 1.82) is 0 Å². The number of aliphatic hydroxyl groups is 1. The maximum atomic E-state index is 12.6. The quantitative estimate of drug-likeness (QED) is 0.416. The van der Waals surface area contributed by atoms with E-state index in [-0.39, 0.29) is 19.1 Å². The molecule has 1 aromatic heterocycles. The lowest BCUT2D eigenvalue weighted by Gasteiger charge is -2.17. The SMILES string of the molecule is CN(CCO)CC(=O)Nc1ccccc1-c1cc(-c2ccccc2)c2cc(Cl)ccc2n1. The number of nitrogens with one attached hydrogen (secondary N) is 1. The van der Waals surface area contributed by atoms with Gasteiger partial charge in [0, 0.05) is 22.5 Å². The Balaban J connectivity index is 1.78. The molecule has 4 aromatic rings. The lowest BCUT2D eigenvalue weighted by molar-refractivity contribution is -0.117. The number of fused-ring (bicyclic) bond motifs is 1. The summed E-state index contributed by atoms with van der Waals surface area (Å²) in [5.74, 6) is -0.149. The molecule has 0 fully saturated rings. The molecule has 0 unspecified atom stereocenters. The number of rotatable bonds is 7. The van der Waals surface area contributed by atoms with Gasteiger partial charge in [0.1, 0.15) is 0 Å². The van der Waals surface area contributed by atoms with Gasteiger partial charge in [-0.15, -0.1) is 0 Å². The Morgan fingerprint density at radius 3 is 2.53 bits per heavy atom. The van der Waals surface area contributed by atoms with E-state index in [1.165, 1.54) is 0 Å². The van der Waals surface area contributed by atoms with Gasteiger partial charge < -0.3 is 10.4 Å². The monoisotopic (exact) mass is 445 g/mol. The predicted molar refractivity (Wildman–Crippen MR) is 131 cm³/mol. The summed E-state index contributed by atoms with van der Waals surface area (Å²) in [5.41, 5.74) is 5.20. The standard InChI is InChI=1S/C26H24ClN3O2/c1-30(13-14-31)17-26(32)29-23-10-6-5-9-20(23)25-16-21(18-7-3-2-4-8-18)22-15-19(27)11-12-24(22)28-25/h2-12,15-16,31H,13-14,17H2,1H3,(H,29,32). The van der Waals surface area contributed by atoms with Gasteiger partial charge in [-0.25, -0.2) is 4.98 Å². The summed E-state index contributed by atoms with van der Waals surface area (Å²) < 4.78 is 0. The third kappa shape index (κ3) is 4.97. The van der Waals surface area contributed by atoms with Crippen LogP contribution in [-0.4, -0.2) is 47.6 Å². The molecule has 1 amide bonds. The number of aromatic nitrogens is 1. The van der Waals surface area contributed by atoms with Gasteiger partial charge in [0.25, 0.3) is 0 Å². The van der Waals surface area contributed by atoms with Crippen LogP contribution in [0, 0.1) is 0 Å². The van der Waals surface area contributed by atoms with E-state index in [0.29, 0.717) is 17.3 Å². The van der Waals surface area contributed by atoms with E-state index in [2.05, 4.69) is 17.4 Å². The van der Waals surface area contributed by atoms with Gasteiger partial charge >= 0.3 is 0 Å². The zero-order chi connectivity index (χ0) is 22.5. The van der Waals surface area contributed by atoms with Gasteiger partial charge in [-0.2, -0.15) is 0 Å². The number of para-hydroxylation sites is 1. The van der Waals surface area contributed by atoms with Crippen molar-refractivity contribution in [2.24, 2.45) is 0 Å². The van der Waals surface area contributed by atoms with Crippen LogP contribution in [0.25, 0.3) is 33.3 Å². The normalized spacial score (nSPS) is 11.1. The fraction of sp³-hybridized carbons (Fsp3) is 0.154. The minimum Gasteiger partial charge on any atom is -0.395 e. The molecule has 0 saturated heterocycles. The second kappa shape index (κ2) is 9.92. The van der Waals surface area contributed by atoms with Crippen molar-refractivity contribution in [3.05, 3.63) is 83.9 Å². The van der Waals surface area contributed by atoms with E-state index in [1.54, 1.807) is 11.9 Å². The highest BCUT2D eigenvalue weighted by atomic mass is 35.5. The van der Waals surface area contributed by atoms with Gasteiger partial charge in [-0.1, -0.05) is 60.1 Å². The number of pyridine rings is 1. The van der Waals surface area contributed by atoms with Gasteiger partial charge in [0.15, 0.2) is 0 Å². The number of nitrogens with zero attached hydrogens (tertiary/aromatic N) is 2. The number of hydrogen-bond acceptors (Lipinski definition) is 4. The zero-order valence-electron chi connectivity index (χ0n) is 17.8. The van der Waals surface area contributed by atoms with Crippen molar-refractivity contribution in [2.75, 3.05) is 32.1 Å². The number of benzene rings is 3. The molecule has 4 rings (SSSR count). The Bertz CT molecular complexity index is 1240. The molecule has 3 aromatic carbocycles. The summed E-state index contributed by atoms with van der Waals surface area (Å²) in [4.78, 5) is 19.2. The Morgan fingerprint density at radius 2 is 1.75 bits per heavy atom. The number of anilines is 1. The van der Waals surface area contributed by atoms with Crippen molar-refractivity contribution in [3.63, 3.8) is 0 Å². The molecule has 0 aliphatic rings. The molecule has 0 aliphatic carbocycles. The number of carbonyl (C=O) groups is 1. The Hall–Kier alpha value is -3.25. The first-order valence-corrected chi connectivity index (χ1v) is 10.8. The highest BCUT2D eigenvalue weighted by molar-refractivity contribution is 6.31. The summed E-state index contributed by atoms with van der Waals surface area (Å²) in [6.07, 6.45) is 0. The first kappa shape index (κ1) is 22.0. The molecule has 0 radical (unpaired) electrons. The predicted octanol–water partition coefficient (Wildman–Crippen LogP) is 5.08. The second-order valence-electron chi connectivity index (χ2n) is 7.64. The molecule has 0 saturated carbocycles. The first-order valence-electron chi connectivity index (χ1n) is 10.4. The molecule has 1 heterocycles. The lowest BCUT2D eigenvalue weighted by Crippen LogP contribution is -2.32. The molecular weight excluding hydrogens is 422 g/mol. The average molecular weight is 446 g/mol. The van der Waals surface area contributed by atoms with Crippen molar-refractivity contribution < 1.29 is 9.90 Å². The summed E-state index contributed by atoms with van der Waals surface area (Å²) in [6, 6.07) is 25.5. The van der Waals surface area contributed by atoms with Crippen LogP contribution in [-0.2, 0) is 4.79 Å². The summed E-state index contributed by atoms with van der Waals surface area (Å²) in [6.45, 7) is 0.631. The molecule has 2 N–H and O–H groups in total. The maximum absolute atomic E-state index is 12.6. The minimum absolute atomic E-state index is 0.00760. The van der Waals surface area contributed by atoms with Crippen LogP contribution in [0.15, 0.2) is 78.9 Å². The maximum Gasteiger partial charge on any atom is 0.238 e. The van der Waals surface area contributed by atoms with Crippen LogP contribution in [0.5, 0.6) is 0 Å². The second-order valence-corrected chi connectivity index (χ2v) is 8.07. The highest BCUT2D eigenvalue weighted by Gasteiger charge is 2.14. The Labute approximate surface area is 192 Å². The number of amides is 1. The van der Waals surface area contributed by atoms with E-state index in [4.69, 9.17) is 21.7 Å². The van der Waals surface area contributed by atoms with Crippen LogP contribution in [0.4, 0.5) is 5.69 Å². The van der Waals surface area contributed by atoms with Crippen LogP contribution in [0.2, 0.25) is 5.02 Å². The fourth-order valence-electron chi connectivity index (χ4n) is 3.69. The average Bonchev–Trinajstić information content (AvgIpc) is 2.79. The van der Waals surface area contributed by atoms with E-state index in [0.717, 1.165) is 33.3 Å². The van der Waals surface area contributed by atoms with Gasteiger partial charge in [-0.05, 0) is 48.5 Å². The van der Waals surface area contributed by atoms with Crippen molar-refractivity contribution in [3.8, 4) is 22.4 Å². The molecule has 5 nitrogen and oxygen atoms in total. The van der Waals surface area contributed by atoms with Crippen LogP contribution < -0.4 is 5.32 Å². The number of halogens is 1. The van der Waals surface area contributed by atoms with E-state index in [1.807, 2.05) is 66.7 Å². The van der Waals surface area contributed by atoms with E-state index < -0.39 is 0 Å². The molecular formula is C26H24ClN3O2. The molecule has 0 aliphatic heterocycles. The third-order valence-corrected chi connectivity index (χ3v) is 5.46. The minimum atomic E-state index is -0.149. The lowest BCUT2D eigenvalue weighted by atomic mass is 9.98. The number of likely N-dealkylation sites (N-methyl/N-ethyl adjacent to an activating group) is 1. The fourth-order valence-corrected chi connectivity index (χ4v) is 3.86. The highest BCUT2D eigenvalue weighted by Crippen LogP contribution is 2.35. The molecule has 6 heteroatoms. The van der Waals surface area contributed by atoms with Crippen molar-refractivity contribution in [2.45, 2.75) is 0 Å². The van der Waals surface area contributed by atoms with Crippen LogP contribution in [0.3, 0.4) is 0 Å². The Morgan fingerprint density at radius 1 is 1.00 bits per heavy atom. The smallest absolute Gasteiger partial charge is 0.238 e. The Kier molecular flexibility index (Phi) is 6.81. The zero-order valence-corrected chi connectivity index (χ0v) is 18.5. The van der Waals surface area contributed by atoms with Crippen molar-refractivity contribution >= 4 is 34.1 Å².